The van der Waals surface area contributed by atoms with Crippen LogP contribution < -0.4 is 0 Å². The number of hydrogen-bond acceptors (Lipinski definition) is 4. The summed E-state index contributed by atoms with van der Waals surface area (Å²) >= 11 is 3.46. The molecule has 0 aliphatic heterocycles. The zero-order valence-electron chi connectivity index (χ0n) is 22.3. The molecule has 37 heavy (non-hydrogen) atoms. The van der Waals surface area contributed by atoms with E-state index in [4.69, 9.17) is 9.16 Å². The molecule has 196 valence electrons. The Morgan fingerprint density at radius 2 is 1.32 bits per heavy atom. The van der Waals surface area contributed by atoms with E-state index in [0.717, 1.165) is 0 Å². The fourth-order valence-corrected chi connectivity index (χ4v) is 5.67. The van der Waals surface area contributed by atoms with Crippen LogP contribution in [0.4, 0.5) is 0 Å². The second-order valence-electron chi connectivity index (χ2n) is 10.8. The lowest BCUT2D eigenvalue weighted by Gasteiger charge is -2.39. The first kappa shape index (κ1) is 29.0. The number of aliphatic hydroxyl groups is 1. The Balaban J connectivity index is 2.02. The summed E-state index contributed by atoms with van der Waals surface area (Å²) in [6, 6.07) is 28.0. The summed E-state index contributed by atoms with van der Waals surface area (Å²) in [6.07, 6.45) is -1.57. The van der Waals surface area contributed by atoms with Gasteiger partial charge >= 0.3 is 5.97 Å². The predicted octanol–water partition coefficient (Wildman–Crippen LogP) is 7.90. The summed E-state index contributed by atoms with van der Waals surface area (Å²) in [6.45, 7) is 14.7. The second-order valence-corrected chi connectivity index (χ2v) is 16.6. The van der Waals surface area contributed by atoms with E-state index >= 15 is 0 Å². The van der Waals surface area contributed by atoms with Gasteiger partial charge in [-0.05, 0) is 34.8 Å². The highest BCUT2D eigenvalue weighted by atomic mass is 79.9. The highest BCUT2D eigenvalue weighted by Crippen LogP contribution is 2.44. The minimum atomic E-state index is -2.19. The van der Waals surface area contributed by atoms with E-state index in [2.05, 4.69) is 56.4 Å². The Labute approximate surface area is 230 Å². The zero-order chi connectivity index (χ0) is 27.3. The van der Waals surface area contributed by atoms with Gasteiger partial charge in [-0.15, -0.1) is 0 Å². The van der Waals surface area contributed by atoms with Gasteiger partial charge in [-0.2, -0.15) is 0 Å². The Bertz CT molecular complexity index is 1130. The van der Waals surface area contributed by atoms with Crippen LogP contribution in [0, 0.1) is 0 Å². The number of hydrogen-bond donors (Lipinski definition) is 1. The molecule has 0 spiro atoms. The van der Waals surface area contributed by atoms with Crippen LogP contribution in [-0.2, 0) is 19.6 Å². The molecule has 0 heterocycles. The largest absolute Gasteiger partial charge is 0.454 e. The number of benzene rings is 3. The molecule has 0 saturated carbocycles. The van der Waals surface area contributed by atoms with Crippen molar-refractivity contribution in [2.75, 3.05) is 0 Å². The van der Waals surface area contributed by atoms with E-state index in [1.165, 1.54) is 0 Å². The molecule has 3 aromatic carbocycles. The molecule has 3 aromatic rings. The standard InChI is InChI=1S/C31H37BrO4Si/c1-23(32)27(36-37(5,6)30(2,3)4)22-28(33)35-29(24-16-10-7-11-17-24)31(34,25-18-12-8-13-19-25)26-20-14-9-15-21-26/h7-21,27,29,34H,1,22H2,2-6H3/t27-,29-/m0/s1. The minimum Gasteiger partial charge on any atom is -0.454 e. The summed E-state index contributed by atoms with van der Waals surface area (Å²) < 4.78 is 13.3. The van der Waals surface area contributed by atoms with Gasteiger partial charge in [-0.1, -0.05) is 134 Å². The maximum absolute atomic E-state index is 13.5. The van der Waals surface area contributed by atoms with E-state index in [9.17, 15) is 9.90 Å². The maximum atomic E-state index is 13.5. The summed E-state index contributed by atoms with van der Waals surface area (Å²) in [7, 11) is -2.19. The van der Waals surface area contributed by atoms with Crippen LogP contribution in [-0.4, -0.2) is 25.5 Å². The average molecular weight is 582 g/mol. The van der Waals surface area contributed by atoms with Gasteiger partial charge in [-0.25, -0.2) is 0 Å². The van der Waals surface area contributed by atoms with E-state index in [0.29, 0.717) is 21.2 Å². The van der Waals surface area contributed by atoms with Gasteiger partial charge in [0, 0.05) is 4.48 Å². The molecule has 6 heteroatoms. The maximum Gasteiger partial charge on any atom is 0.309 e. The molecule has 0 unspecified atom stereocenters. The molecule has 3 rings (SSSR count). The molecular formula is C31H37BrO4Si. The van der Waals surface area contributed by atoms with Crippen molar-refractivity contribution in [1.29, 1.82) is 0 Å². The van der Waals surface area contributed by atoms with Crippen molar-refractivity contribution >= 4 is 30.2 Å². The van der Waals surface area contributed by atoms with Crippen molar-refractivity contribution in [1.82, 2.24) is 0 Å². The lowest BCUT2D eigenvalue weighted by atomic mass is 9.79. The quantitative estimate of drug-likeness (QED) is 0.195. The number of halogens is 1. The summed E-state index contributed by atoms with van der Waals surface area (Å²) in [4.78, 5) is 13.5. The fourth-order valence-electron chi connectivity index (χ4n) is 3.96. The van der Waals surface area contributed by atoms with Crippen molar-refractivity contribution < 1.29 is 19.1 Å². The third kappa shape index (κ3) is 6.88. The number of ether oxygens (including phenoxy) is 1. The lowest BCUT2D eigenvalue weighted by Crippen LogP contribution is -2.45. The third-order valence-electron chi connectivity index (χ3n) is 7.10. The molecule has 0 aliphatic carbocycles. The highest BCUT2D eigenvalue weighted by molar-refractivity contribution is 9.11. The first-order valence-corrected chi connectivity index (χ1v) is 16.2. The van der Waals surface area contributed by atoms with E-state index in [1.807, 2.05) is 91.0 Å². The van der Waals surface area contributed by atoms with E-state index in [-0.39, 0.29) is 11.5 Å². The Kier molecular flexibility index (Phi) is 9.35. The average Bonchev–Trinajstić information content (AvgIpc) is 2.87. The van der Waals surface area contributed by atoms with Crippen molar-refractivity contribution in [2.24, 2.45) is 0 Å². The first-order valence-electron chi connectivity index (χ1n) is 12.5. The normalized spacial score (nSPS) is 14.0. The van der Waals surface area contributed by atoms with Crippen molar-refractivity contribution in [3.8, 4) is 0 Å². The molecule has 0 fully saturated rings. The second kappa shape index (κ2) is 11.9. The van der Waals surface area contributed by atoms with Crippen molar-refractivity contribution in [3.63, 3.8) is 0 Å². The Hall–Kier alpha value is -2.51. The number of carbonyl (C=O) groups is 1. The van der Waals surface area contributed by atoms with E-state index < -0.39 is 32.1 Å². The summed E-state index contributed by atoms with van der Waals surface area (Å²) in [5.41, 5.74) is 0.315. The molecule has 4 nitrogen and oxygen atoms in total. The molecular weight excluding hydrogens is 544 g/mol. The molecule has 0 aromatic heterocycles. The first-order chi connectivity index (χ1) is 17.4. The lowest BCUT2D eigenvalue weighted by molar-refractivity contribution is -0.164. The molecule has 1 N–H and O–H groups in total. The predicted molar refractivity (Wildman–Crippen MR) is 156 cm³/mol. The molecule has 0 aliphatic rings. The number of esters is 1. The molecule has 0 saturated heterocycles. The van der Waals surface area contributed by atoms with Crippen LogP contribution in [0.5, 0.6) is 0 Å². The highest BCUT2D eigenvalue weighted by Gasteiger charge is 2.45. The van der Waals surface area contributed by atoms with Gasteiger partial charge in [0.25, 0.3) is 0 Å². The van der Waals surface area contributed by atoms with Crippen LogP contribution in [0.2, 0.25) is 18.1 Å². The SMILES string of the molecule is C=C(Br)[C@H](CC(=O)O[C@@H](c1ccccc1)C(O)(c1ccccc1)c1ccccc1)O[Si](C)(C)C(C)(C)C. The Morgan fingerprint density at radius 1 is 0.892 bits per heavy atom. The van der Waals surface area contributed by atoms with Gasteiger partial charge in [0.2, 0.25) is 0 Å². The monoisotopic (exact) mass is 580 g/mol. The van der Waals surface area contributed by atoms with Crippen LogP contribution in [0.15, 0.2) is 102 Å². The molecule has 0 bridgehead atoms. The molecule has 2 atom stereocenters. The van der Waals surface area contributed by atoms with Gasteiger partial charge in [0.05, 0.1) is 12.5 Å². The smallest absolute Gasteiger partial charge is 0.309 e. The third-order valence-corrected chi connectivity index (χ3v) is 12.1. The molecule has 0 amide bonds. The number of carbonyl (C=O) groups excluding carboxylic acids is 1. The van der Waals surface area contributed by atoms with Crippen molar-refractivity contribution in [2.45, 2.75) is 63.1 Å². The number of rotatable bonds is 10. The van der Waals surface area contributed by atoms with Gasteiger partial charge in [0.1, 0.15) is 0 Å². The zero-order valence-corrected chi connectivity index (χ0v) is 24.9. The van der Waals surface area contributed by atoms with E-state index in [1.54, 1.807) is 0 Å². The van der Waals surface area contributed by atoms with Crippen LogP contribution in [0.25, 0.3) is 0 Å². The minimum absolute atomic E-state index is 0.0282. The summed E-state index contributed by atoms with van der Waals surface area (Å²) in [5, 5.41) is 12.4. The van der Waals surface area contributed by atoms with Gasteiger partial charge in [-0.3, -0.25) is 4.79 Å². The van der Waals surface area contributed by atoms with Crippen LogP contribution >= 0.6 is 15.9 Å². The van der Waals surface area contributed by atoms with Gasteiger partial charge in [0.15, 0.2) is 20.0 Å². The molecule has 0 radical (unpaired) electrons. The van der Waals surface area contributed by atoms with Crippen LogP contribution in [0.1, 0.15) is 50.0 Å². The fraction of sp³-hybridized carbons (Fsp3) is 0.323. The summed E-state index contributed by atoms with van der Waals surface area (Å²) in [5.74, 6) is -0.483. The van der Waals surface area contributed by atoms with Gasteiger partial charge < -0.3 is 14.3 Å². The topological polar surface area (TPSA) is 55.8 Å². The Morgan fingerprint density at radius 3 is 1.73 bits per heavy atom. The van der Waals surface area contributed by atoms with Crippen LogP contribution in [0.3, 0.4) is 0 Å². The van der Waals surface area contributed by atoms with Crippen molar-refractivity contribution in [3.05, 3.63) is 119 Å².